The highest BCUT2D eigenvalue weighted by molar-refractivity contribution is 6.53. The van der Waals surface area contributed by atoms with Crippen molar-refractivity contribution in [2.45, 2.75) is 18.7 Å². The maximum Gasteiger partial charge on any atom is 0.344 e. The van der Waals surface area contributed by atoms with Crippen LogP contribution in [-0.4, -0.2) is 16.8 Å². The van der Waals surface area contributed by atoms with Crippen LogP contribution in [0.3, 0.4) is 0 Å². The van der Waals surface area contributed by atoms with E-state index in [1.807, 2.05) is 0 Å². The van der Waals surface area contributed by atoms with Gasteiger partial charge in [-0.2, -0.15) is 0 Å². The van der Waals surface area contributed by atoms with Crippen LogP contribution in [0.5, 0.6) is 11.5 Å². The quantitative estimate of drug-likeness (QED) is 0.486. The van der Waals surface area contributed by atoms with E-state index in [4.69, 9.17) is 32.7 Å². The monoisotopic (exact) mass is 290 g/mol. The van der Waals surface area contributed by atoms with E-state index < -0.39 is 16.8 Å². The van der Waals surface area contributed by atoms with Crippen molar-refractivity contribution < 1.29 is 19.1 Å². The van der Waals surface area contributed by atoms with Crippen molar-refractivity contribution in [2.24, 2.45) is 5.92 Å². The van der Waals surface area contributed by atoms with Crippen molar-refractivity contribution >= 4 is 35.1 Å². The molecule has 6 heteroatoms. The molecule has 0 atom stereocenters. The normalized spacial score (nSPS) is 10.6. The maximum absolute atomic E-state index is 11.5. The summed E-state index contributed by atoms with van der Waals surface area (Å²) in [5.74, 6) is -1.29. The maximum atomic E-state index is 11.5. The molecule has 0 amide bonds. The van der Waals surface area contributed by atoms with Gasteiger partial charge in [0.25, 0.3) is 0 Å². The molecule has 18 heavy (non-hydrogen) atoms. The van der Waals surface area contributed by atoms with Gasteiger partial charge in [0, 0.05) is 0 Å². The van der Waals surface area contributed by atoms with E-state index in [0.29, 0.717) is 0 Å². The standard InChI is InChI=1S/C12H12Cl2O4/c1-7(2)11(15)17-8-5-3-4-6-9(8)18-12(16)10(13)14/h3-7,10H,1-2H3. The van der Waals surface area contributed by atoms with Gasteiger partial charge in [0.05, 0.1) is 5.92 Å². The van der Waals surface area contributed by atoms with Gasteiger partial charge in [-0.3, -0.25) is 4.79 Å². The smallest absolute Gasteiger partial charge is 0.344 e. The van der Waals surface area contributed by atoms with Gasteiger partial charge < -0.3 is 9.47 Å². The second-order valence-corrected chi connectivity index (χ2v) is 4.84. The first-order valence-electron chi connectivity index (χ1n) is 5.22. The second-order valence-electron chi connectivity index (χ2n) is 3.74. The van der Waals surface area contributed by atoms with Crippen LogP contribution < -0.4 is 9.47 Å². The molecular formula is C12H12Cl2O4. The predicted octanol–water partition coefficient (Wildman–Crippen LogP) is 2.96. The summed E-state index contributed by atoms with van der Waals surface area (Å²) in [7, 11) is 0. The van der Waals surface area contributed by atoms with Gasteiger partial charge in [0.1, 0.15) is 0 Å². The zero-order chi connectivity index (χ0) is 13.7. The van der Waals surface area contributed by atoms with Crippen molar-refractivity contribution in [3.05, 3.63) is 24.3 Å². The minimum absolute atomic E-state index is 0.0998. The molecular weight excluding hydrogens is 279 g/mol. The summed E-state index contributed by atoms with van der Waals surface area (Å²) in [4.78, 5) is 21.4. The molecule has 1 aromatic rings. The molecule has 0 aliphatic carbocycles. The van der Waals surface area contributed by atoms with Gasteiger partial charge in [-0.05, 0) is 12.1 Å². The highest BCUT2D eigenvalue weighted by atomic mass is 35.5. The second kappa shape index (κ2) is 6.61. The molecule has 0 aliphatic rings. The molecule has 0 radical (unpaired) electrons. The molecule has 0 saturated heterocycles. The van der Waals surface area contributed by atoms with Gasteiger partial charge in [-0.15, -0.1) is 0 Å². The van der Waals surface area contributed by atoms with E-state index in [0.717, 1.165) is 0 Å². The zero-order valence-corrected chi connectivity index (χ0v) is 11.4. The number of esters is 2. The van der Waals surface area contributed by atoms with Crippen LogP contribution >= 0.6 is 23.2 Å². The first-order chi connectivity index (χ1) is 8.41. The fraction of sp³-hybridized carbons (Fsp3) is 0.333. The SMILES string of the molecule is CC(C)C(=O)Oc1ccccc1OC(=O)C(Cl)Cl. The molecule has 0 unspecified atom stereocenters. The molecule has 1 aromatic carbocycles. The summed E-state index contributed by atoms with van der Waals surface area (Å²) in [6, 6.07) is 6.28. The molecule has 0 heterocycles. The van der Waals surface area contributed by atoms with Crippen LogP contribution in [0.1, 0.15) is 13.8 Å². The van der Waals surface area contributed by atoms with Crippen LogP contribution in [0.25, 0.3) is 0 Å². The summed E-state index contributed by atoms with van der Waals surface area (Å²) in [5, 5.41) is 0. The number of alkyl halides is 2. The Kier molecular flexibility index (Phi) is 5.44. The third kappa shape index (κ3) is 4.20. The largest absolute Gasteiger partial charge is 0.422 e. The predicted molar refractivity (Wildman–Crippen MR) is 68.0 cm³/mol. The highest BCUT2D eigenvalue weighted by Crippen LogP contribution is 2.28. The summed E-state index contributed by atoms with van der Waals surface area (Å²) < 4.78 is 9.99. The number of benzene rings is 1. The third-order valence-corrected chi connectivity index (χ3v) is 2.28. The molecule has 0 fully saturated rings. The van der Waals surface area contributed by atoms with Crippen LogP contribution in [0, 0.1) is 5.92 Å². The Hall–Kier alpha value is -1.26. The zero-order valence-electron chi connectivity index (χ0n) is 9.85. The molecule has 0 aliphatic heterocycles. The van der Waals surface area contributed by atoms with Gasteiger partial charge in [0.2, 0.25) is 4.84 Å². The number of rotatable bonds is 4. The molecule has 0 saturated carbocycles. The molecule has 98 valence electrons. The van der Waals surface area contributed by atoms with Crippen LogP contribution in [-0.2, 0) is 9.59 Å². The Morgan fingerprint density at radius 3 is 1.83 bits per heavy atom. The van der Waals surface area contributed by atoms with Gasteiger partial charge in [-0.25, -0.2) is 4.79 Å². The molecule has 0 aromatic heterocycles. The lowest BCUT2D eigenvalue weighted by Gasteiger charge is -2.11. The first-order valence-corrected chi connectivity index (χ1v) is 6.09. The van der Waals surface area contributed by atoms with Gasteiger partial charge in [0.15, 0.2) is 11.5 Å². The number of ether oxygens (including phenoxy) is 2. The highest BCUT2D eigenvalue weighted by Gasteiger charge is 2.18. The van der Waals surface area contributed by atoms with Crippen molar-refractivity contribution in [3.8, 4) is 11.5 Å². The Labute approximate surface area is 115 Å². The summed E-state index contributed by atoms with van der Waals surface area (Å²) >= 11 is 10.7. The number of halogens is 2. The van der Waals surface area contributed by atoms with Gasteiger partial charge >= 0.3 is 11.9 Å². The Morgan fingerprint density at radius 2 is 1.44 bits per heavy atom. The minimum atomic E-state index is -1.29. The number of carbonyl (C=O) groups is 2. The molecule has 0 N–H and O–H groups in total. The third-order valence-electron chi connectivity index (χ3n) is 1.92. The Bertz CT molecular complexity index is 402. The van der Waals surface area contributed by atoms with E-state index in [9.17, 15) is 9.59 Å². The van der Waals surface area contributed by atoms with Crippen molar-refractivity contribution in [1.82, 2.24) is 0 Å². The van der Waals surface area contributed by atoms with E-state index in [-0.39, 0.29) is 17.4 Å². The topological polar surface area (TPSA) is 52.6 Å². The average molecular weight is 291 g/mol. The van der Waals surface area contributed by atoms with Crippen molar-refractivity contribution in [2.75, 3.05) is 0 Å². The van der Waals surface area contributed by atoms with Crippen LogP contribution in [0.15, 0.2) is 24.3 Å². The fourth-order valence-corrected chi connectivity index (χ4v) is 1.09. The number of hydrogen-bond donors (Lipinski definition) is 0. The van der Waals surface area contributed by atoms with Crippen molar-refractivity contribution in [3.63, 3.8) is 0 Å². The Balaban J connectivity index is 2.86. The van der Waals surface area contributed by atoms with E-state index in [1.165, 1.54) is 12.1 Å². The average Bonchev–Trinajstić information content (AvgIpc) is 2.31. The van der Waals surface area contributed by atoms with E-state index in [1.54, 1.807) is 26.0 Å². The lowest BCUT2D eigenvalue weighted by Crippen LogP contribution is -2.18. The fourth-order valence-electron chi connectivity index (χ4n) is 0.998. The molecule has 0 spiro atoms. The van der Waals surface area contributed by atoms with Crippen molar-refractivity contribution in [1.29, 1.82) is 0 Å². The lowest BCUT2D eigenvalue weighted by atomic mass is 10.2. The molecule has 4 nitrogen and oxygen atoms in total. The minimum Gasteiger partial charge on any atom is -0.422 e. The Morgan fingerprint density at radius 1 is 1.00 bits per heavy atom. The lowest BCUT2D eigenvalue weighted by molar-refractivity contribution is -0.139. The summed E-state index contributed by atoms with van der Waals surface area (Å²) in [6.07, 6.45) is 0. The van der Waals surface area contributed by atoms with E-state index >= 15 is 0 Å². The summed E-state index contributed by atoms with van der Waals surface area (Å²) in [5.41, 5.74) is 0. The number of hydrogen-bond acceptors (Lipinski definition) is 4. The van der Waals surface area contributed by atoms with Crippen LogP contribution in [0.2, 0.25) is 0 Å². The first kappa shape index (κ1) is 14.8. The molecule has 0 bridgehead atoms. The van der Waals surface area contributed by atoms with E-state index in [2.05, 4.69) is 0 Å². The van der Waals surface area contributed by atoms with Crippen LogP contribution in [0.4, 0.5) is 0 Å². The number of para-hydroxylation sites is 2. The molecule has 1 rings (SSSR count). The number of carbonyl (C=O) groups excluding carboxylic acids is 2. The summed E-state index contributed by atoms with van der Waals surface area (Å²) in [6.45, 7) is 3.40. The van der Waals surface area contributed by atoms with Gasteiger partial charge in [-0.1, -0.05) is 49.2 Å².